The van der Waals surface area contributed by atoms with Crippen molar-refractivity contribution < 1.29 is 14.6 Å². The second-order valence-corrected chi connectivity index (χ2v) is 4.93. The number of anilines is 1. The molecule has 0 fully saturated rings. The van der Waals surface area contributed by atoms with Crippen molar-refractivity contribution in [3.63, 3.8) is 0 Å². The van der Waals surface area contributed by atoms with Gasteiger partial charge in [-0.25, -0.2) is 4.79 Å². The first-order valence-electron chi connectivity index (χ1n) is 7.02. The number of methoxy groups -OCH3 is 1. The first-order valence-corrected chi connectivity index (χ1v) is 7.02. The highest BCUT2D eigenvalue weighted by atomic mass is 16.5. The van der Waals surface area contributed by atoms with Crippen molar-refractivity contribution in [2.75, 3.05) is 19.0 Å². The quantitative estimate of drug-likeness (QED) is 0.795. The van der Waals surface area contributed by atoms with Crippen LogP contribution in [0.2, 0.25) is 0 Å². The number of aliphatic hydroxyl groups is 1. The molecule has 2 amide bonds. The number of amides is 2. The molecular weight excluding hydrogens is 280 g/mol. The highest BCUT2D eigenvalue weighted by Crippen LogP contribution is 2.22. The van der Waals surface area contributed by atoms with Crippen molar-refractivity contribution in [2.45, 2.75) is 13.0 Å². The van der Waals surface area contributed by atoms with Gasteiger partial charge in [-0.05, 0) is 24.1 Å². The molecule has 0 aliphatic carbocycles. The van der Waals surface area contributed by atoms with E-state index in [1.54, 1.807) is 13.2 Å². The van der Waals surface area contributed by atoms with Gasteiger partial charge in [-0.2, -0.15) is 0 Å². The van der Waals surface area contributed by atoms with Crippen LogP contribution in [0.3, 0.4) is 0 Å². The molecule has 2 aromatic carbocycles. The second-order valence-electron chi connectivity index (χ2n) is 4.93. The summed E-state index contributed by atoms with van der Waals surface area (Å²) in [4.78, 5) is 12.1. The molecule has 116 valence electrons. The maximum atomic E-state index is 12.1. The zero-order valence-electron chi connectivity index (χ0n) is 12.7. The van der Waals surface area contributed by atoms with Gasteiger partial charge in [0.2, 0.25) is 0 Å². The number of aliphatic hydroxyl groups excluding tert-OH is 1. The fraction of sp³-hybridized carbons (Fsp3) is 0.235. The largest absolute Gasteiger partial charge is 0.497 e. The molecule has 0 saturated heterocycles. The van der Waals surface area contributed by atoms with Crippen molar-refractivity contribution in [1.82, 2.24) is 5.32 Å². The number of urea groups is 1. The van der Waals surface area contributed by atoms with Crippen LogP contribution in [0.4, 0.5) is 10.5 Å². The van der Waals surface area contributed by atoms with E-state index in [2.05, 4.69) is 10.6 Å². The van der Waals surface area contributed by atoms with E-state index in [0.29, 0.717) is 11.4 Å². The van der Waals surface area contributed by atoms with Crippen LogP contribution in [0.1, 0.15) is 17.2 Å². The maximum Gasteiger partial charge on any atom is 0.319 e. The Morgan fingerprint density at radius 3 is 2.59 bits per heavy atom. The summed E-state index contributed by atoms with van der Waals surface area (Å²) >= 11 is 0. The topological polar surface area (TPSA) is 70.6 Å². The van der Waals surface area contributed by atoms with Crippen LogP contribution in [-0.4, -0.2) is 24.9 Å². The van der Waals surface area contributed by atoms with E-state index in [1.807, 2.05) is 49.4 Å². The van der Waals surface area contributed by atoms with Crippen LogP contribution < -0.4 is 15.4 Å². The molecule has 0 unspecified atom stereocenters. The second kappa shape index (κ2) is 7.47. The first kappa shape index (κ1) is 15.9. The fourth-order valence-corrected chi connectivity index (χ4v) is 2.10. The van der Waals surface area contributed by atoms with Gasteiger partial charge in [-0.15, -0.1) is 0 Å². The Bertz CT molecular complexity index is 629. The summed E-state index contributed by atoms with van der Waals surface area (Å²) in [5.41, 5.74) is 2.44. The van der Waals surface area contributed by atoms with Gasteiger partial charge >= 0.3 is 6.03 Å². The number of carbonyl (C=O) groups is 1. The Kier molecular flexibility index (Phi) is 5.38. The molecule has 1 atom stereocenters. The van der Waals surface area contributed by atoms with Gasteiger partial charge in [0.15, 0.2) is 0 Å². The molecule has 2 rings (SSSR count). The van der Waals surface area contributed by atoms with E-state index in [4.69, 9.17) is 4.74 Å². The van der Waals surface area contributed by atoms with Crippen molar-refractivity contribution in [2.24, 2.45) is 0 Å². The molecular formula is C17H20N2O3. The van der Waals surface area contributed by atoms with E-state index in [9.17, 15) is 9.90 Å². The molecule has 0 aliphatic rings. The number of benzene rings is 2. The summed E-state index contributed by atoms with van der Waals surface area (Å²) in [6.07, 6.45) is 0. The van der Waals surface area contributed by atoms with Crippen molar-refractivity contribution in [3.8, 4) is 5.75 Å². The van der Waals surface area contributed by atoms with E-state index >= 15 is 0 Å². The highest BCUT2D eigenvalue weighted by molar-refractivity contribution is 5.90. The number of rotatable bonds is 5. The number of hydrogen-bond acceptors (Lipinski definition) is 3. The average Bonchev–Trinajstić information content (AvgIpc) is 2.55. The summed E-state index contributed by atoms with van der Waals surface area (Å²) < 4.78 is 5.15. The molecule has 0 spiro atoms. The number of aryl methyl sites for hydroxylation is 1. The third kappa shape index (κ3) is 3.99. The molecule has 0 heterocycles. The van der Waals surface area contributed by atoms with Gasteiger partial charge in [-0.1, -0.05) is 36.4 Å². The monoisotopic (exact) mass is 300 g/mol. The number of nitrogens with one attached hydrogen (secondary N) is 2. The van der Waals surface area contributed by atoms with Crippen LogP contribution in [0.5, 0.6) is 5.75 Å². The van der Waals surface area contributed by atoms with Crippen LogP contribution in [-0.2, 0) is 0 Å². The predicted molar refractivity (Wildman–Crippen MR) is 86.2 cm³/mol. The summed E-state index contributed by atoms with van der Waals surface area (Å²) in [7, 11) is 1.58. The lowest BCUT2D eigenvalue weighted by Crippen LogP contribution is -2.34. The van der Waals surface area contributed by atoms with E-state index in [-0.39, 0.29) is 12.6 Å². The number of ether oxygens (including phenoxy) is 1. The van der Waals surface area contributed by atoms with Crippen LogP contribution >= 0.6 is 0 Å². The molecule has 0 aromatic heterocycles. The van der Waals surface area contributed by atoms with Gasteiger partial charge in [0.25, 0.3) is 0 Å². The molecule has 0 radical (unpaired) electrons. The third-order valence-corrected chi connectivity index (χ3v) is 3.38. The van der Waals surface area contributed by atoms with Crippen molar-refractivity contribution >= 4 is 11.7 Å². The molecule has 22 heavy (non-hydrogen) atoms. The Morgan fingerprint density at radius 1 is 1.23 bits per heavy atom. The number of hydrogen-bond donors (Lipinski definition) is 3. The molecule has 5 heteroatoms. The zero-order valence-corrected chi connectivity index (χ0v) is 12.7. The minimum Gasteiger partial charge on any atom is -0.497 e. The maximum absolute atomic E-state index is 12.1. The number of carbonyl (C=O) groups excluding carboxylic acids is 1. The average molecular weight is 300 g/mol. The van der Waals surface area contributed by atoms with E-state index in [1.165, 1.54) is 0 Å². The van der Waals surface area contributed by atoms with Gasteiger partial charge in [0, 0.05) is 11.8 Å². The fourth-order valence-electron chi connectivity index (χ4n) is 2.10. The van der Waals surface area contributed by atoms with Crippen LogP contribution in [0, 0.1) is 6.92 Å². The molecule has 0 aliphatic heterocycles. The van der Waals surface area contributed by atoms with E-state index < -0.39 is 6.04 Å². The summed E-state index contributed by atoms with van der Waals surface area (Å²) in [6, 6.07) is 14.0. The van der Waals surface area contributed by atoms with Gasteiger partial charge in [-0.3, -0.25) is 0 Å². The van der Waals surface area contributed by atoms with Gasteiger partial charge in [0.05, 0.1) is 19.8 Å². The minimum absolute atomic E-state index is 0.172. The van der Waals surface area contributed by atoms with E-state index in [0.717, 1.165) is 11.1 Å². The van der Waals surface area contributed by atoms with Crippen molar-refractivity contribution in [3.05, 3.63) is 59.7 Å². The lowest BCUT2D eigenvalue weighted by atomic mass is 10.1. The summed E-state index contributed by atoms with van der Waals surface area (Å²) in [5.74, 6) is 0.669. The van der Waals surface area contributed by atoms with Gasteiger partial charge in [0.1, 0.15) is 5.75 Å². The SMILES string of the molecule is COc1ccc(C)c(NC(=O)N[C@@H](CO)c2ccccc2)c1. The first-order chi connectivity index (χ1) is 10.6. The third-order valence-electron chi connectivity index (χ3n) is 3.38. The summed E-state index contributed by atoms with van der Waals surface area (Å²) in [6.45, 7) is 1.73. The van der Waals surface area contributed by atoms with Crippen LogP contribution in [0.25, 0.3) is 0 Å². The lowest BCUT2D eigenvalue weighted by molar-refractivity contribution is 0.225. The Balaban J connectivity index is 2.06. The van der Waals surface area contributed by atoms with Gasteiger partial charge < -0.3 is 20.5 Å². The molecule has 2 aromatic rings. The Hall–Kier alpha value is -2.53. The Morgan fingerprint density at radius 2 is 1.95 bits per heavy atom. The minimum atomic E-state index is -0.452. The molecule has 0 saturated carbocycles. The predicted octanol–water partition coefficient (Wildman–Crippen LogP) is 2.86. The zero-order chi connectivity index (χ0) is 15.9. The van der Waals surface area contributed by atoms with Crippen molar-refractivity contribution in [1.29, 1.82) is 0 Å². The summed E-state index contributed by atoms with van der Waals surface area (Å²) in [5, 5.41) is 15.0. The normalized spacial score (nSPS) is 11.6. The molecule has 0 bridgehead atoms. The lowest BCUT2D eigenvalue weighted by Gasteiger charge is -2.18. The molecule has 5 nitrogen and oxygen atoms in total. The standard InChI is InChI=1S/C17H20N2O3/c1-12-8-9-14(22-2)10-15(12)18-17(21)19-16(11-20)13-6-4-3-5-7-13/h3-10,16,20H,11H2,1-2H3,(H2,18,19,21)/t16-/m0/s1. The Labute approximate surface area is 129 Å². The molecule has 3 N–H and O–H groups in total. The highest BCUT2D eigenvalue weighted by Gasteiger charge is 2.14. The smallest absolute Gasteiger partial charge is 0.319 e. The van der Waals surface area contributed by atoms with Crippen LogP contribution in [0.15, 0.2) is 48.5 Å².